The molecule has 0 radical (unpaired) electrons. The summed E-state index contributed by atoms with van der Waals surface area (Å²) in [5, 5.41) is 1.71. The topological polar surface area (TPSA) is 75.7 Å². The van der Waals surface area contributed by atoms with Crippen LogP contribution in [0.3, 0.4) is 0 Å². The Balaban J connectivity index is 2.51. The summed E-state index contributed by atoms with van der Waals surface area (Å²) < 4.78 is 46.4. The van der Waals surface area contributed by atoms with E-state index in [1.165, 1.54) is 31.2 Å². The number of hydrogen-bond donors (Lipinski definition) is 1. The van der Waals surface area contributed by atoms with Gasteiger partial charge in [-0.2, -0.15) is 13.2 Å². The van der Waals surface area contributed by atoms with Crippen LogP contribution in [0.25, 0.3) is 0 Å². The average molecular weight is 358 g/mol. The van der Waals surface area contributed by atoms with E-state index in [-0.39, 0.29) is 31.6 Å². The van der Waals surface area contributed by atoms with Crippen LogP contribution in [0.4, 0.5) is 13.2 Å². The van der Waals surface area contributed by atoms with Gasteiger partial charge in [0, 0.05) is 18.5 Å². The Bertz CT molecular complexity index is 663. The van der Waals surface area contributed by atoms with Crippen LogP contribution in [-0.2, 0) is 14.3 Å². The molecule has 9 heteroatoms. The van der Waals surface area contributed by atoms with Crippen molar-refractivity contribution in [2.75, 3.05) is 13.2 Å². The van der Waals surface area contributed by atoms with Crippen molar-refractivity contribution in [2.45, 2.75) is 31.6 Å². The van der Waals surface area contributed by atoms with Crippen molar-refractivity contribution < 1.29 is 32.3 Å². The molecule has 1 fully saturated rings. The number of benzene rings is 1. The van der Waals surface area contributed by atoms with Gasteiger partial charge in [-0.25, -0.2) is 4.79 Å². The minimum absolute atomic E-state index is 0.0768. The second kappa shape index (κ2) is 7.12. The first-order valence-corrected chi connectivity index (χ1v) is 7.66. The molecule has 1 heterocycles. The van der Waals surface area contributed by atoms with Crippen molar-refractivity contribution in [3.05, 3.63) is 35.9 Å². The second-order valence-electron chi connectivity index (χ2n) is 5.40. The number of likely N-dealkylation sites (tertiary alicyclic amines) is 1. The lowest BCUT2D eigenvalue weighted by Gasteiger charge is -2.40. The zero-order chi connectivity index (χ0) is 18.7. The van der Waals surface area contributed by atoms with Crippen LogP contribution in [0.15, 0.2) is 30.3 Å². The van der Waals surface area contributed by atoms with Crippen molar-refractivity contribution >= 4 is 17.8 Å². The van der Waals surface area contributed by atoms with Crippen molar-refractivity contribution in [1.82, 2.24) is 10.2 Å². The van der Waals surface area contributed by atoms with Gasteiger partial charge < -0.3 is 15.0 Å². The SMILES string of the molecule is CCOC(=O)[C@@](NC(=O)c1ccccc1)(N1CCCC1=O)C(F)(F)F. The summed E-state index contributed by atoms with van der Waals surface area (Å²) in [7, 11) is 0. The molecule has 1 aliphatic heterocycles. The minimum atomic E-state index is -5.26. The van der Waals surface area contributed by atoms with Crippen LogP contribution in [0, 0.1) is 0 Å². The molecule has 1 aliphatic rings. The number of nitrogens with one attached hydrogen (secondary N) is 1. The molecule has 2 amide bonds. The molecule has 1 saturated heterocycles. The standard InChI is InChI=1S/C16H17F3N2O4/c1-2-25-14(24)15(16(17,18)19,21-10-6-9-12(21)22)20-13(23)11-7-4-3-5-8-11/h3-5,7-8H,2,6,9-10H2,1H3,(H,20,23)/t15-/m1/s1. The Hall–Kier alpha value is -2.58. The van der Waals surface area contributed by atoms with Crippen LogP contribution >= 0.6 is 0 Å². The molecular formula is C16H17F3N2O4. The fourth-order valence-corrected chi connectivity index (χ4v) is 2.63. The molecule has 0 spiro atoms. The maximum Gasteiger partial charge on any atom is 0.442 e. The van der Waals surface area contributed by atoms with Crippen LogP contribution in [0.5, 0.6) is 0 Å². The third-order valence-corrected chi connectivity index (χ3v) is 3.79. The van der Waals surface area contributed by atoms with Crippen molar-refractivity contribution in [3.63, 3.8) is 0 Å². The Kier molecular flexibility index (Phi) is 5.34. The number of carbonyl (C=O) groups is 3. The monoisotopic (exact) mass is 358 g/mol. The number of ether oxygens (including phenoxy) is 1. The van der Waals surface area contributed by atoms with E-state index >= 15 is 0 Å². The maximum absolute atomic E-state index is 13.9. The van der Waals surface area contributed by atoms with E-state index in [0.29, 0.717) is 4.90 Å². The number of nitrogens with zero attached hydrogens (tertiary/aromatic N) is 1. The summed E-state index contributed by atoms with van der Waals surface area (Å²) >= 11 is 0. The fourth-order valence-electron chi connectivity index (χ4n) is 2.63. The normalized spacial score (nSPS) is 17.1. The van der Waals surface area contributed by atoms with E-state index in [9.17, 15) is 27.6 Å². The predicted molar refractivity (Wildman–Crippen MR) is 80.3 cm³/mol. The maximum atomic E-state index is 13.9. The van der Waals surface area contributed by atoms with Gasteiger partial charge in [-0.1, -0.05) is 18.2 Å². The third kappa shape index (κ3) is 3.45. The summed E-state index contributed by atoms with van der Waals surface area (Å²) in [5.74, 6) is -3.74. The number of carbonyl (C=O) groups excluding carboxylic acids is 3. The summed E-state index contributed by atoms with van der Waals surface area (Å²) in [5.41, 5.74) is -3.63. The summed E-state index contributed by atoms with van der Waals surface area (Å²) in [6.45, 7) is 0.690. The largest absolute Gasteiger partial charge is 0.463 e. The van der Waals surface area contributed by atoms with E-state index in [0.717, 1.165) is 0 Å². The lowest BCUT2D eigenvalue weighted by Crippen LogP contribution is -2.74. The van der Waals surface area contributed by atoms with E-state index < -0.39 is 29.6 Å². The minimum Gasteiger partial charge on any atom is -0.463 e. The first-order chi connectivity index (χ1) is 11.7. The van der Waals surface area contributed by atoms with Gasteiger partial charge in [0.05, 0.1) is 6.61 Å². The number of hydrogen-bond acceptors (Lipinski definition) is 4. The highest BCUT2D eigenvalue weighted by Crippen LogP contribution is 2.37. The molecule has 0 bridgehead atoms. The van der Waals surface area contributed by atoms with Gasteiger partial charge in [0.25, 0.3) is 5.91 Å². The van der Waals surface area contributed by atoms with E-state index in [2.05, 4.69) is 4.74 Å². The van der Waals surface area contributed by atoms with Gasteiger partial charge in [-0.05, 0) is 25.5 Å². The van der Waals surface area contributed by atoms with Gasteiger partial charge in [-0.3, -0.25) is 9.59 Å². The van der Waals surface area contributed by atoms with Gasteiger partial charge >= 0.3 is 17.8 Å². The molecule has 6 nitrogen and oxygen atoms in total. The predicted octanol–water partition coefficient (Wildman–Crippen LogP) is 1.86. The molecule has 2 rings (SSSR count). The molecule has 0 saturated carbocycles. The number of rotatable bonds is 5. The van der Waals surface area contributed by atoms with Crippen molar-refractivity contribution in [3.8, 4) is 0 Å². The van der Waals surface area contributed by atoms with Crippen LogP contribution in [0.1, 0.15) is 30.1 Å². The van der Waals surface area contributed by atoms with Gasteiger partial charge in [-0.15, -0.1) is 0 Å². The average Bonchev–Trinajstić information content (AvgIpc) is 2.98. The quantitative estimate of drug-likeness (QED) is 0.816. The fraction of sp³-hybridized carbons (Fsp3) is 0.438. The first kappa shape index (κ1) is 18.8. The highest BCUT2D eigenvalue weighted by molar-refractivity contribution is 6.00. The highest BCUT2D eigenvalue weighted by atomic mass is 19.4. The summed E-state index contributed by atoms with van der Waals surface area (Å²) in [4.78, 5) is 36.9. The molecule has 1 aromatic carbocycles. The molecule has 0 aliphatic carbocycles. The molecule has 136 valence electrons. The Morgan fingerprint density at radius 2 is 1.88 bits per heavy atom. The van der Waals surface area contributed by atoms with Crippen molar-refractivity contribution in [1.29, 1.82) is 0 Å². The molecular weight excluding hydrogens is 341 g/mol. The lowest BCUT2D eigenvalue weighted by molar-refractivity contribution is -0.243. The van der Waals surface area contributed by atoms with Gasteiger partial charge in [0.15, 0.2) is 0 Å². The smallest absolute Gasteiger partial charge is 0.442 e. The van der Waals surface area contributed by atoms with Gasteiger partial charge in [0.1, 0.15) is 0 Å². The lowest BCUT2D eigenvalue weighted by atomic mass is 10.1. The number of halogens is 3. The third-order valence-electron chi connectivity index (χ3n) is 3.79. The molecule has 0 unspecified atom stereocenters. The molecule has 1 N–H and O–H groups in total. The Morgan fingerprint density at radius 3 is 2.36 bits per heavy atom. The first-order valence-electron chi connectivity index (χ1n) is 7.66. The summed E-state index contributed by atoms with van der Waals surface area (Å²) in [6.07, 6.45) is -5.25. The number of esters is 1. The zero-order valence-electron chi connectivity index (χ0n) is 13.4. The van der Waals surface area contributed by atoms with Gasteiger partial charge in [0.2, 0.25) is 5.91 Å². The molecule has 25 heavy (non-hydrogen) atoms. The zero-order valence-corrected chi connectivity index (χ0v) is 13.4. The summed E-state index contributed by atoms with van der Waals surface area (Å²) in [6, 6.07) is 7.12. The molecule has 1 aromatic rings. The Labute approximate surface area is 141 Å². The van der Waals surface area contributed by atoms with Crippen LogP contribution in [-0.4, -0.2) is 47.7 Å². The molecule has 0 aromatic heterocycles. The van der Waals surface area contributed by atoms with E-state index in [1.807, 2.05) is 0 Å². The second-order valence-corrected chi connectivity index (χ2v) is 5.40. The van der Waals surface area contributed by atoms with Crippen LogP contribution < -0.4 is 5.32 Å². The number of amides is 2. The molecule has 1 atom stereocenters. The van der Waals surface area contributed by atoms with E-state index in [4.69, 9.17) is 0 Å². The Morgan fingerprint density at radius 1 is 1.24 bits per heavy atom. The highest BCUT2D eigenvalue weighted by Gasteiger charge is 2.68. The van der Waals surface area contributed by atoms with Crippen LogP contribution in [0.2, 0.25) is 0 Å². The van der Waals surface area contributed by atoms with E-state index in [1.54, 1.807) is 11.4 Å². The number of alkyl halides is 3. The van der Waals surface area contributed by atoms with Crippen molar-refractivity contribution in [2.24, 2.45) is 0 Å².